The molecule has 0 amide bonds. The van der Waals surface area contributed by atoms with Crippen LogP contribution in [0.2, 0.25) is 0 Å². The zero-order valence-electron chi connectivity index (χ0n) is 8.56. The molecule has 0 aromatic heterocycles. The van der Waals surface area contributed by atoms with Gasteiger partial charge in [0.2, 0.25) is 0 Å². The average molecular weight is 196 g/mol. The fraction of sp³-hybridized carbons (Fsp3) is 0.455. The molecule has 1 atom stereocenters. The van der Waals surface area contributed by atoms with Crippen LogP contribution in [0.5, 0.6) is 11.5 Å². The van der Waals surface area contributed by atoms with E-state index in [-0.39, 0.29) is 11.9 Å². The fourth-order valence-electron chi connectivity index (χ4n) is 1.07. The quantitative estimate of drug-likeness (QED) is 0.784. The van der Waals surface area contributed by atoms with Crippen molar-refractivity contribution in [1.29, 1.82) is 0 Å². The molecule has 1 unspecified atom stereocenters. The van der Waals surface area contributed by atoms with Crippen LogP contribution in [0.1, 0.15) is 13.8 Å². The molecule has 1 rings (SSSR count). The lowest BCUT2D eigenvalue weighted by atomic mass is 10.3. The second-order valence-electron chi connectivity index (χ2n) is 3.08. The summed E-state index contributed by atoms with van der Waals surface area (Å²) in [5.74, 6) is 0.991. The third-order valence-electron chi connectivity index (χ3n) is 1.73. The van der Waals surface area contributed by atoms with Crippen molar-refractivity contribution in [2.24, 2.45) is 0 Å². The summed E-state index contributed by atoms with van der Waals surface area (Å²) >= 11 is 0. The summed E-state index contributed by atoms with van der Waals surface area (Å²) < 4.78 is 10.8. The minimum atomic E-state index is 0.0273. The van der Waals surface area contributed by atoms with Crippen molar-refractivity contribution < 1.29 is 14.6 Å². The number of benzene rings is 1. The number of aromatic hydroxyl groups is 1. The van der Waals surface area contributed by atoms with Gasteiger partial charge in [-0.05, 0) is 38.1 Å². The van der Waals surface area contributed by atoms with Crippen LogP contribution in [0.25, 0.3) is 0 Å². The second kappa shape index (κ2) is 5.50. The highest BCUT2D eigenvalue weighted by Crippen LogP contribution is 2.17. The Morgan fingerprint density at radius 1 is 1.29 bits per heavy atom. The van der Waals surface area contributed by atoms with Crippen molar-refractivity contribution in [2.75, 3.05) is 13.2 Å². The lowest BCUT2D eigenvalue weighted by molar-refractivity contribution is 0.0657. The number of hydrogen-bond acceptors (Lipinski definition) is 3. The molecule has 1 aromatic rings. The molecule has 0 aliphatic carbocycles. The maximum Gasteiger partial charge on any atom is 0.120 e. The normalized spacial score (nSPS) is 12.4. The average Bonchev–Trinajstić information content (AvgIpc) is 2.18. The van der Waals surface area contributed by atoms with Crippen LogP contribution in [-0.2, 0) is 4.74 Å². The first-order valence-electron chi connectivity index (χ1n) is 4.75. The van der Waals surface area contributed by atoms with Crippen LogP contribution >= 0.6 is 0 Å². The van der Waals surface area contributed by atoms with Gasteiger partial charge in [-0.1, -0.05) is 0 Å². The summed E-state index contributed by atoms with van der Waals surface area (Å²) in [4.78, 5) is 0. The van der Waals surface area contributed by atoms with E-state index in [9.17, 15) is 0 Å². The van der Waals surface area contributed by atoms with Crippen molar-refractivity contribution in [3.8, 4) is 11.5 Å². The van der Waals surface area contributed by atoms with E-state index in [2.05, 4.69) is 0 Å². The van der Waals surface area contributed by atoms with Gasteiger partial charge in [0.15, 0.2) is 0 Å². The smallest absolute Gasteiger partial charge is 0.120 e. The van der Waals surface area contributed by atoms with Gasteiger partial charge in [-0.25, -0.2) is 0 Å². The lowest BCUT2D eigenvalue weighted by Crippen LogP contribution is -2.18. The molecule has 3 heteroatoms. The molecule has 0 fully saturated rings. The van der Waals surface area contributed by atoms with Crippen LogP contribution < -0.4 is 4.74 Å². The Morgan fingerprint density at radius 3 is 2.50 bits per heavy atom. The van der Waals surface area contributed by atoms with E-state index < -0.39 is 0 Å². The van der Waals surface area contributed by atoms with Crippen molar-refractivity contribution in [1.82, 2.24) is 0 Å². The molecule has 0 spiro atoms. The number of rotatable bonds is 5. The van der Waals surface area contributed by atoms with E-state index >= 15 is 0 Å². The molecule has 0 radical (unpaired) electrons. The molecule has 0 heterocycles. The highest BCUT2D eigenvalue weighted by Gasteiger charge is 2.03. The second-order valence-corrected chi connectivity index (χ2v) is 3.08. The Bertz CT molecular complexity index is 256. The number of phenolic OH excluding ortho intramolecular Hbond substituents is 1. The van der Waals surface area contributed by atoms with Gasteiger partial charge < -0.3 is 14.6 Å². The van der Waals surface area contributed by atoms with Gasteiger partial charge in [0.1, 0.15) is 17.6 Å². The predicted molar refractivity (Wildman–Crippen MR) is 54.7 cm³/mol. The maximum atomic E-state index is 9.05. The minimum absolute atomic E-state index is 0.0273. The molecule has 3 nitrogen and oxygen atoms in total. The molecular formula is C11H16O3. The summed E-state index contributed by atoms with van der Waals surface area (Å²) in [5.41, 5.74) is 0. The van der Waals surface area contributed by atoms with Crippen LogP contribution in [0.4, 0.5) is 0 Å². The summed E-state index contributed by atoms with van der Waals surface area (Å²) in [6.07, 6.45) is 0.0273. The van der Waals surface area contributed by atoms with Gasteiger partial charge in [0, 0.05) is 6.61 Å². The van der Waals surface area contributed by atoms with Gasteiger partial charge >= 0.3 is 0 Å². The highest BCUT2D eigenvalue weighted by molar-refractivity contribution is 5.30. The Morgan fingerprint density at radius 2 is 1.93 bits per heavy atom. The van der Waals surface area contributed by atoms with Crippen molar-refractivity contribution >= 4 is 0 Å². The van der Waals surface area contributed by atoms with E-state index in [0.717, 1.165) is 5.75 Å². The van der Waals surface area contributed by atoms with E-state index in [0.29, 0.717) is 13.2 Å². The van der Waals surface area contributed by atoms with Crippen molar-refractivity contribution in [3.05, 3.63) is 24.3 Å². The Balaban J connectivity index is 2.39. The zero-order valence-corrected chi connectivity index (χ0v) is 8.56. The first-order chi connectivity index (χ1) is 6.72. The van der Waals surface area contributed by atoms with E-state index in [1.165, 1.54) is 0 Å². The topological polar surface area (TPSA) is 38.7 Å². The van der Waals surface area contributed by atoms with Gasteiger partial charge in [0.25, 0.3) is 0 Å². The predicted octanol–water partition coefficient (Wildman–Crippen LogP) is 2.20. The summed E-state index contributed by atoms with van der Waals surface area (Å²) in [6.45, 7) is 5.18. The SMILES string of the molecule is CCOCC(C)Oc1ccc(O)cc1. The number of ether oxygens (including phenoxy) is 2. The van der Waals surface area contributed by atoms with Gasteiger partial charge in [0.05, 0.1) is 6.61 Å². The molecule has 1 N–H and O–H groups in total. The summed E-state index contributed by atoms with van der Waals surface area (Å²) in [6, 6.07) is 6.67. The van der Waals surface area contributed by atoms with Gasteiger partial charge in [-0.2, -0.15) is 0 Å². The Kier molecular flexibility index (Phi) is 4.26. The Hall–Kier alpha value is -1.22. The first-order valence-corrected chi connectivity index (χ1v) is 4.75. The molecule has 0 aliphatic heterocycles. The minimum Gasteiger partial charge on any atom is -0.508 e. The van der Waals surface area contributed by atoms with Crippen LogP contribution in [0.15, 0.2) is 24.3 Å². The lowest BCUT2D eigenvalue weighted by Gasteiger charge is -2.14. The third-order valence-corrected chi connectivity index (χ3v) is 1.73. The molecular weight excluding hydrogens is 180 g/mol. The molecule has 14 heavy (non-hydrogen) atoms. The molecule has 78 valence electrons. The van der Waals surface area contributed by atoms with Gasteiger partial charge in [-0.15, -0.1) is 0 Å². The molecule has 0 bridgehead atoms. The fourth-order valence-corrected chi connectivity index (χ4v) is 1.07. The molecule has 1 aromatic carbocycles. The number of hydrogen-bond donors (Lipinski definition) is 1. The molecule has 0 saturated heterocycles. The summed E-state index contributed by atoms with van der Waals surface area (Å²) in [7, 11) is 0. The summed E-state index contributed by atoms with van der Waals surface area (Å²) in [5, 5.41) is 9.05. The monoisotopic (exact) mass is 196 g/mol. The van der Waals surface area contributed by atoms with E-state index in [4.69, 9.17) is 14.6 Å². The highest BCUT2D eigenvalue weighted by atomic mass is 16.5. The molecule has 0 saturated carbocycles. The van der Waals surface area contributed by atoms with Crippen molar-refractivity contribution in [3.63, 3.8) is 0 Å². The maximum absolute atomic E-state index is 9.05. The van der Waals surface area contributed by atoms with Crippen LogP contribution in [0, 0.1) is 0 Å². The van der Waals surface area contributed by atoms with Gasteiger partial charge in [-0.3, -0.25) is 0 Å². The third kappa shape index (κ3) is 3.66. The largest absolute Gasteiger partial charge is 0.508 e. The zero-order chi connectivity index (χ0) is 10.4. The van der Waals surface area contributed by atoms with Crippen LogP contribution in [-0.4, -0.2) is 24.4 Å². The van der Waals surface area contributed by atoms with Crippen LogP contribution in [0.3, 0.4) is 0 Å². The molecule has 0 aliphatic rings. The first kappa shape index (κ1) is 10.9. The number of phenols is 1. The van der Waals surface area contributed by atoms with Crippen molar-refractivity contribution in [2.45, 2.75) is 20.0 Å². The Labute approximate surface area is 84.3 Å². The van der Waals surface area contributed by atoms with E-state index in [1.807, 2.05) is 13.8 Å². The standard InChI is InChI=1S/C11H16O3/c1-3-13-8-9(2)14-11-6-4-10(12)5-7-11/h4-7,9,12H,3,8H2,1-2H3. The van der Waals surface area contributed by atoms with E-state index in [1.54, 1.807) is 24.3 Å².